The summed E-state index contributed by atoms with van der Waals surface area (Å²) in [7, 11) is 1.46. The van der Waals surface area contributed by atoms with Crippen molar-refractivity contribution in [3.05, 3.63) is 59.8 Å². The maximum Gasteiger partial charge on any atom is 0.326 e. The lowest BCUT2D eigenvalue weighted by atomic mass is 10.0. The van der Waals surface area contributed by atoms with Crippen LogP contribution in [0.3, 0.4) is 0 Å². The summed E-state index contributed by atoms with van der Waals surface area (Å²) >= 11 is 0. The molecule has 0 spiro atoms. The molecule has 3 rings (SSSR count). The first-order valence-electron chi connectivity index (χ1n) is 8.91. The van der Waals surface area contributed by atoms with E-state index in [4.69, 9.17) is 4.74 Å². The standard InChI is InChI=1S/C21H22N2O5/c1-28-19-8-6-13(10-18(19)24)7-9-20(25)23-17(21(26)27)11-14-12-22-16-5-3-2-4-15(14)16/h2-6,8,10,12,17,22,24H,7,9,11H2,1H3,(H,23,25)(H,26,27)/t17-/m0/s1. The third-order valence-electron chi connectivity index (χ3n) is 4.62. The lowest BCUT2D eigenvalue weighted by molar-refractivity contribution is -0.141. The van der Waals surface area contributed by atoms with Crippen LogP contribution in [0.4, 0.5) is 0 Å². The van der Waals surface area contributed by atoms with Crippen LogP contribution in [0.5, 0.6) is 11.5 Å². The average molecular weight is 382 g/mol. The third kappa shape index (κ3) is 4.43. The highest BCUT2D eigenvalue weighted by molar-refractivity contribution is 5.86. The summed E-state index contributed by atoms with van der Waals surface area (Å²) in [5, 5.41) is 22.8. The van der Waals surface area contributed by atoms with Crippen LogP contribution in [0, 0.1) is 0 Å². The predicted molar refractivity (Wildman–Crippen MR) is 105 cm³/mol. The first-order valence-corrected chi connectivity index (χ1v) is 8.91. The molecule has 1 heterocycles. The Morgan fingerprint density at radius 1 is 1.21 bits per heavy atom. The number of aromatic nitrogens is 1. The number of para-hydroxylation sites is 1. The topological polar surface area (TPSA) is 112 Å². The molecule has 4 N–H and O–H groups in total. The van der Waals surface area contributed by atoms with Crippen LogP contribution in [-0.2, 0) is 22.4 Å². The van der Waals surface area contributed by atoms with Gasteiger partial charge in [0.15, 0.2) is 11.5 Å². The number of aromatic hydroxyl groups is 1. The number of methoxy groups -OCH3 is 1. The summed E-state index contributed by atoms with van der Waals surface area (Å²) < 4.78 is 4.99. The molecule has 0 saturated heterocycles. The Morgan fingerprint density at radius 3 is 2.71 bits per heavy atom. The summed E-state index contributed by atoms with van der Waals surface area (Å²) in [6.07, 6.45) is 2.45. The predicted octanol–water partition coefficient (Wildman–Crippen LogP) is 2.63. The van der Waals surface area contributed by atoms with Gasteiger partial charge in [-0.05, 0) is 35.7 Å². The Bertz CT molecular complexity index is 995. The van der Waals surface area contributed by atoms with Gasteiger partial charge in [-0.15, -0.1) is 0 Å². The highest BCUT2D eigenvalue weighted by Crippen LogP contribution is 2.26. The Hall–Kier alpha value is -3.48. The number of rotatable bonds is 8. The zero-order valence-electron chi connectivity index (χ0n) is 15.4. The van der Waals surface area contributed by atoms with E-state index in [-0.39, 0.29) is 24.5 Å². The molecule has 0 radical (unpaired) electrons. The molecular weight excluding hydrogens is 360 g/mol. The summed E-state index contributed by atoms with van der Waals surface area (Å²) in [5.41, 5.74) is 2.52. The van der Waals surface area contributed by atoms with Crippen molar-refractivity contribution in [3.63, 3.8) is 0 Å². The molecule has 28 heavy (non-hydrogen) atoms. The van der Waals surface area contributed by atoms with Gasteiger partial charge in [-0.1, -0.05) is 24.3 Å². The van der Waals surface area contributed by atoms with E-state index in [1.54, 1.807) is 18.3 Å². The van der Waals surface area contributed by atoms with Gasteiger partial charge in [-0.25, -0.2) is 4.79 Å². The van der Waals surface area contributed by atoms with Crippen LogP contribution in [0.25, 0.3) is 10.9 Å². The first kappa shape index (κ1) is 19.3. The number of hydrogen-bond donors (Lipinski definition) is 4. The van der Waals surface area contributed by atoms with Crippen molar-refractivity contribution in [1.82, 2.24) is 10.3 Å². The summed E-state index contributed by atoms with van der Waals surface area (Å²) in [6, 6.07) is 11.5. The fourth-order valence-electron chi connectivity index (χ4n) is 3.14. The Balaban J connectivity index is 1.61. The molecule has 0 aliphatic rings. The highest BCUT2D eigenvalue weighted by Gasteiger charge is 2.21. The number of phenols is 1. The zero-order valence-corrected chi connectivity index (χ0v) is 15.4. The van der Waals surface area contributed by atoms with Crippen molar-refractivity contribution in [2.45, 2.75) is 25.3 Å². The number of carbonyl (C=O) groups is 2. The Labute approximate surface area is 162 Å². The average Bonchev–Trinajstić information content (AvgIpc) is 3.09. The number of aromatic amines is 1. The number of nitrogens with one attached hydrogen (secondary N) is 2. The van der Waals surface area contributed by atoms with Gasteiger partial charge in [0.05, 0.1) is 7.11 Å². The number of aryl methyl sites for hydroxylation is 1. The monoisotopic (exact) mass is 382 g/mol. The smallest absolute Gasteiger partial charge is 0.326 e. The molecule has 7 heteroatoms. The van der Waals surface area contributed by atoms with Gasteiger partial charge in [0.1, 0.15) is 6.04 Å². The second kappa shape index (κ2) is 8.47. The number of carbonyl (C=O) groups excluding carboxylic acids is 1. The van der Waals surface area contributed by atoms with Crippen LogP contribution in [0.1, 0.15) is 17.5 Å². The van der Waals surface area contributed by atoms with Crippen molar-refractivity contribution in [1.29, 1.82) is 0 Å². The fourth-order valence-corrected chi connectivity index (χ4v) is 3.14. The number of carboxylic acid groups (broad SMARTS) is 1. The minimum absolute atomic E-state index is 0.00292. The number of aliphatic carboxylic acids is 1. The molecule has 3 aromatic rings. The minimum Gasteiger partial charge on any atom is -0.504 e. The van der Waals surface area contributed by atoms with Gasteiger partial charge in [0.25, 0.3) is 0 Å². The Morgan fingerprint density at radius 2 is 2.00 bits per heavy atom. The van der Waals surface area contributed by atoms with Crippen molar-refractivity contribution in [2.75, 3.05) is 7.11 Å². The zero-order chi connectivity index (χ0) is 20.1. The lowest BCUT2D eigenvalue weighted by Gasteiger charge is -2.14. The molecule has 7 nitrogen and oxygen atoms in total. The van der Waals surface area contributed by atoms with Crippen LogP contribution in [0.2, 0.25) is 0 Å². The van der Waals surface area contributed by atoms with Gasteiger partial charge in [0.2, 0.25) is 5.91 Å². The second-order valence-corrected chi connectivity index (χ2v) is 6.53. The molecule has 0 bridgehead atoms. The van der Waals surface area contributed by atoms with E-state index in [1.807, 2.05) is 24.3 Å². The maximum absolute atomic E-state index is 12.3. The largest absolute Gasteiger partial charge is 0.504 e. The van der Waals surface area contributed by atoms with Gasteiger partial charge < -0.3 is 25.3 Å². The van der Waals surface area contributed by atoms with Crippen LogP contribution in [0.15, 0.2) is 48.7 Å². The molecule has 1 amide bonds. The molecule has 146 valence electrons. The molecule has 0 saturated carbocycles. The summed E-state index contributed by atoms with van der Waals surface area (Å²) in [4.78, 5) is 27.0. The van der Waals surface area contributed by atoms with Crippen molar-refractivity contribution < 1.29 is 24.5 Å². The molecule has 0 aliphatic heterocycles. The van der Waals surface area contributed by atoms with E-state index in [2.05, 4.69) is 10.3 Å². The normalized spacial score (nSPS) is 11.9. The van der Waals surface area contributed by atoms with Crippen LogP contribution >= 0.6 is 0 Å². The van der Waals surface area contributed by atoms with Crippen molar-refractivity contribution in [2.24, 2.45) is 0 Å². The first-order chi connectivity index (χ1) is 13.5. The highest BCUT2D eigenvalue weighted by atomic mass is 16.5. The summed E-state index contributed by atoms with van der Waals surface area (Å²) in [5.74, 6) is -1.08. The number of benzene rings is 2. The molecule has 0 fully saturated rings. The van der Waals surface area contributed by atoms with Crippen LogP contribution in [-0.4, -0.2) is 40.2 Å². The van der Waals surface area contributed by atoms with Gasteiger partial charge >= 0.3 is 5.97 Å². The maximum atomic E-state index is 12.3. The molecule has 0 unspecified atom stereocenters. The van der Waals surface area contributed by atoms with Gasteiger partial charge in [-0.3, -0.25) is 4.79 Å². The molecule has 2 aromatic carbocycles. The number of phenolic OH excluding ortho intramolecular Hbond substituents is 1. The summed E-state index contributed by atoms with van der Waals surface area (Å²) in [6.45, 7) is 0. The third-order valence-corrected chi connectivity index (χ3v) is 4.62. The molecule has 1 aromatic heterocycles. The van der Waals surface area contributed by atoms with Crippen LogP contribution < -0.4 is 10.1 Å². The minimum atomic E-state index is -1.08. The van der Waals surface area contributed by atoms with Crippen molar-refractivity contribution >= 4 is 22.8 Å². The number of hydrogen-bond acceptors (Lipinski definition) is 4. The van der Waals surface area contributed by atoms with E-state index in [9.17, 15) is 19.8 Å². The number of H-pyrrole nitrogens is 1. The lowest BCUT2D eigenvalue weighted by Crippen LogP contribution is -2.42. The second-order valence-electron chi connectivity index (χ2n) is 6.53. The Kier molecular flexibility index (Phi) is 5.84. The van der Waals surface area contributed by atoms with E-state index in [0.717, 1.165) is 22.0 Å². The fraction of sp³-hybridized carbons (Fsp3) is 0.238. The SMILES string of the molecule is COc1ccc(CCC(=O)N[C@@H](Cc2c[nH]c3ccccc23)C(=O)O)cc1O. The van der Waals surface area contributed by atoms with E-state index >= 15 is 0 Å². The van der Waals surface area contributed by atoms with Gasteiger partial charge in [0, 0.05) is 29.9 Å². The van der Waals surface area contributed by atoms with E-state index in [1.165, 1.54) is 13.2 Å². The van der Waals surface area contributed by atoms with E-state index in [0.29, 0.717) is 12.2 Å². The van der Waals surface area contributed by atoms with Crippen molar-refractivity contribution in [3.8, 4) is 11.5 Å². The number of amides is 1. The number of ether oxygens (including phenoxy) is 1. The van der Waals surface area contributed by atoms with E-state index < -0.39 is 12.0 Å². The van der Waals surface area contributed by atoms with Gasteiger partial charge in [-0.2, -0.15) is 0 Å². The molecule has 1 atom stereocenters. The quantitative estimate of drug-likeness (QED) is 0.479. The molecular formula is C21H22N2O5. The number of fused-ring (bicyclic) bond motifs is 1. The number of carboxylic acids is 1. The molecule has 0 aliphatic carbocycles.